The van der Waals surface area contributed by atoms with Crippen molar-refractivity contribution in [1.82, 2.24) is 15.1 Å². The second-order valence-corrected chi connectivity index (χ2v) is 6.53. The number of hydrogen-bond acceptors (Lipinski definition) is 3. The van der Waals surface area contributed by atoms with Crippen LogP contribution in [-0.2, 0) is 0 Å². The average molecular weight is 253 g/mol. The lowest BCUT2D eigenvalue weighted by Crippen LogP contribution is -2.58. The van der Waals surface area contributed by atoms with Crippen LogP contribution in [0.15, 0.2) is 0 Å². The van der Waals surface area contributed by atoms with Gasteiger partial charge in [0.2, 0.25) is 0 Å². The standard InChI is InChI=1S/C15H31N3/c1-12(2)18-11-13(3)15(18)7-10-17-8-5-14(16-4)6-9-17/h12-16H,5-11H2,1-4H3. The van der Waals surface area contributed by atoms with E-state index in [1.54, 1.807) is 0 Å². The van der Waals surface area contributed by atoms with Crippen LogP contribution in [0.1, 0.15) is 40.0 Å². The molecule has 0 spiro atoms. The fourth-order valence-electron chi connectivity index (χ4n) is 3.58. The van der Waals surface area contributed by atoms with Crippen LogP contribution in [0.2, 0.25) is 0 Å². The third-order valence-electron chi connectivity index (χ3n) is 4.98. The van der Waals surface area contributed by atoms with Gasteiger partial charge in [0, 0.05) is 24.7 Å². The molecule has 0 bridgehead atoms. The molecule has 2 unspecified atom stereocenters. The second kappa shape index (κ2) is 6.36. The molecular weight excluding hydrogens is 222 g/mol. The zero-order chi connectivity index (χ0) is 13.1. The molecule has 0 aliphatic carbocycles. The maximum atomic E-state index is 3.41. The van der Waals surface area contributed by atoms with Gasteiger partial charge in [-0.15, -0.1) is 0 Å². The average Bonchev–Trinajstić information content (AvgIpc) is 2.36. The van der Waals surface area contributed by atoms with E-state index in [1.807, 2.05) is 0 Å². The van der Waals surface area contributed by atoms with Crippen molar-refractivity contribution in [2.24, 2.45) is 5.92 Å². The summed E-state index contributed by atoms with van der Waals surface area (Å²) >= 11 is 0. The molecule has 3 heteroatoms. The predicted octanol–water partition coefficient (Wildman–Crippen LogP) is 1.79. The smallest absolute Gasteiger partial charge is 0.0148 e. The molecule has 2 heterocycles. The molecule has 0 aromatic heterocycles. The van der Waals surface area contributed by atoms with E-state index in [0.717, 1.165) is 24.0 Å². The minimum Gasteiger partial charge on any atom is -0.317 e. The van der Waals surface area contributed by atoms with Crippen LogP contribution in [0.25, 0.3) is 0 Å². The maximum absolute atomic E-state index is 3.41. The van der Waals surface area contributed by atoms with Crippen molar-refractivity contribution in [1.29, 1.82) is 0 Å². The van der Waals surface area contributed by atoms with Crippen LogP contribution in [0.3, 0.4) is 0 Å². The van der Waals surface area contributed by atoms with Gasteiger partial charge in [-0.1, -0.05) is 6.92 Å². The number of rotatable bonds is 5. The first-order valence-electron chi connectivity index (χ1n) is 7.77. The summed E-state index contributed by atoms with van der Waals surface area (Å²) in [4.78, 5) is 5.34. The normalized spacial score (nSPS) is 31.8. The SMILES string of the molecule is CNC1CCN(CCC2C(C)CN2C(C)C)CC1. The highest BCUT2D eigenvalue weighted by Crippen LogP contribution is 2.29. The van der Waals surface area contributed by atoms with E-state index in [9.17, 15) is 0 Å². The molecule has 18 heavy (non-hydrogen) atoms. The monoisotopic (exact) mass is 253 g/mol. The highest BCUT2D eigenvalue weighted by atomic mass is 15.3. The minimum atomic E-state index is 0.723. The van der Waals surface area contributed by atoms with Crippen LogP contribution >= 0.6 is 0 Å². The van der Waals surface area contributed by atoms with Gasteiger partial charge in [0.05, 0.1) is 0 Å². The van der Waals surface area contributed by atoms with E-state index >= 15 is 0 Å². The van der Waals surface area contributed by atoms with Gasteiger partial charge in [-0.05, 0) is 65.7 Å². The Morgan fingerprint density at radius 1 is 1.22 bits per heavy atom. The second-order valence-electron chi connectivity index (χ2n) is 6.53. The molecule has 3 nitrogen and oxygen atoms in total. The fraction of sp³-hybridized carbons (Fsp3) is 1.00. The Balaban J connectivity index is 1.69. The fourth-order valence-corrected chi connectivity index (χ4v) is 3.58. The van der Waals surface area contributed by atoms with Gasteiger partial charge >= 0.3 is 0 Å². The van der Waals surface area contributed by atoms with Crippen LogP contribution < -0.4 is 5.32 Å². The summed E-state index contributed by atoms with van der Waals surface area (Å²) in [6, 6.07) is 2.32. The molecule has 2 saturated heterocycles. The van der Waals surface area contributed by atoms with Crippen molar-refractivity contribution in [2.75, 3.05) is 33.2 Å². The summed E-state index contributed by atoms with van der Waals surface area (Å²) < 4.78 is 0. The molecule has 0 amide bonds. The van der Waals surface area contributed by atoms with Crippen LogP contribution in [0.5, 0.6) is 0 Å². The van der Waals surface area contributed by atoms with Crippen LogP contribution in [-0.4, -0.2) is 61.2 Å². The molecule has 1 N–H and O–H groups in total. The summed E-state index contributed by atoms with van der Waals surface area (Å²) in [5.74, 6) is 0.905. The van der Waals surface area contributed by atoms with E-state index in [-0.39, 0.29) is 0 Å². The van der Waals surface area contributed by atoms with E-state index < -0.39 is 0 Å². The number of nitrogens with one attached hydrogen (secondary N) is 1. The van der Waals surface area contributed by atoms with Gasteiger partial charge in [-0.2, -0.15) is 0 Å². The summed E-state index contributed by atoms with van der Waals surface area (Å²) in [7, 11) is 2.09. The van der Waals surface area contributed by atoms with Gasteiger partial charge in [-0.25, -0.2) is 0 Å². The lowest BCUT2D eigenvalue weighted by Gasteiger charge is -2.50. The minimum absolute atomic E-state index is 0.723. The third-order valence-corrected chi connectivity index (χ3v) is 4.98. The van der Waals surface area contributed by atoms with Crippen molar-refractivity contribution in [3.8, 4) is 0 Å². The zero-order valence-corrected chi connectivity index (χ0v) is 12.7. The van der Waals surface area contributed by atoms with Gasteiger partial charge in [0.1, 0.15) is 0 Å². The summed E-state index contributed by atoms with van der Waals surface area (Å²) in [6.45, 7) is 12.3. The number of nitrogens with zero attached hydrogens (tertiary/aromatic N) is 2. The van der Waals surface area contributed by atoms with Crippen LogP contribution in [0, 0.1) is 5.92 Å². The Bertz CT molecular complexity index is 246. The zero-order valence-electron chi connectivity index (χ0n) is 12.7. The van der Waals surface area contributed by atoms with Crippen molar-refractivity contribution in [2.45, 2.75) is 58.2 Å². The topological polar surface area (TPSA) is 18.5 Å². The maximum Gasteiger partial charge on any atom is 0.0148 e. The van der Waals surface area contributed by atoms with E-state index in [0.29, 0.717) is 0 Å². The Hall–Kier alpha value is -0.120. The number of likely N-dealkylation sites (tertiary alicyclic amines) is 2. The molecule has 0 aromatic rings. The molecular formula is C15H31N3. The molecule has 2 fully saturated rings. The number of hydrogen-bond donors (Lipinski definition) is 1. The van der Waals surface area contributed by atoms with Gasteiger partial charge in [0.25, 0.3) is 0 Å². The van der Waals surface area contributed by atoms with Crippen molar-refractivity contribution in [3.63, 3.8) is 0 Å². The van der Waals surface area contributed by atoms with Crippen molar-refractivity contribution < 1.29 is 0 Å². The first-order valence-corrected chi connectivity index (χ1v) is 7.77. The van der Waals surface area contributed by atoms with Gasteiger partial charge in [-0.3, -0.25) is 4.90 Å². The summed E-state index contributed by atoms with van der Waals surface area (Å²) in [5, 5.41) is 3.41. The summed E-state index contributed by atoms with van der Waals surface area (Å²) in [5.41, 5.74) is 0. The molecule has 0 radical (unpaired) electrons. The Kier molecular flexibility index (Phi) is 5.05. The van der Waals surface area contributed by atoms with Crippen molar-refractivity contribution in [3.05, 3.63) is 0 Å². The van der Waals surface area contributed by atoms with E-state index in [2.05, 4.69) is 42.9 Å². The Labute approximate surface area is 113 Å². The lowest BCUT2D eigenvalue weighted by atomic mass is 9.86. The highest BCUT2D eigenvalue weighted by molar-refractivity contribution is 4.91. The molecule has 2 atom stereocenters. The third kappa shape index (κ3) is 3.25. The van der Waals surface area contributed by atoms with Crippen molar-refractivity contribution >= 4 is 0 Å². The molecule has 2 aliphatic heterocycles. The highest BCUT2D eigenvalue weighted by Gasteiger charge is 2.36. The Morgan fingerprint density at radius 2 is 1.89 bits per heavy atom. The molecule has 2 aliphatic rings. The molecule has 0 saturated carbocycles. The number of piperidine rings is 1. The molecule has 0 aromatic carbocycles. The van der Waals surface area contributed by atoms with E-state index in [4.69, 9.17) is 0 Å². The summed E-state index contributed by atoms with van der Waals surface area (Å²) in [6.07, 6.45) is 4.01. The van der Waals surface area contributed by atoms with Gasteiger partial charge < -0.3 is 10.2 Å². The first kappa shape index (κ1) is 14.3. The van der Waals surface area contributed by atoms with E-state index in [1.165, 1.54) is 45.4 Å². The molecule has 106 valence electrons. The Morgan fingerprint density at radius 3 is 2.39 bits per heavy atom. The van der Waals surface area contributed by atoms with Crippen LogP contribution in [0.4, 0.5) is 0 Å². The predicted molar refractivity (Wildman–Crippen MR) is 77.9 cm³/mol. The lowest BCUT2D eigenvalue weighted by molar-refractivity contribution is -0.0131. The first-order chi connectivity index (χ1) is 8.61. The quantitative estimate of drug-likeness (QED) is 0.806. The van der Waals surface area contributed by atoms with Gasteiger partial charge in [0.15, 0.2) is 0 Å². The molecule has 2 rings (SSSR count). The largest absolute Gasteiger partial charge is 0.317 e.